The number of hydrogen-bond donors (Lipinski definition) is 5. The van der Waals surface area contributed by atoms with E-state index in [1.807, 2.05) is 4.98 Å². The second-order valence-corrected chi connectivity index (χ2v) is 6.06. The summed E-state index contributed by atoms with van der Waals surface area (Å²) in [4.78, 5) is 48.1. The van der Waals surface area contributed by atoms with Crippen LogP contribution in [-0.4, -0.2) is 75.2 Å². The maximum absolute atomic E-state index is 12.0. The first-order valence-corrected chi connectivity index (χ1v) is 8.03. The fourth-order valence-corrected chi connectivity index (χ4v) is 2.91. The van der Waals surface area contributed by atoms with E-state index >= 15 is 0 Å². The number of primary amides is 2. The van der Waals surface area contributed by atoms with Crippen molar-refractivity contribution in [1.29, 1.82) is 0 Å². The second-order valence-electron chi connectivity index (χ2n) is 6.06. The van der Waals surface area contributed by atoms with Gasteiger partial charge in [0.15, 0.2) is 18.4 Å². The molecule has 0 aromatic carbocycles. The summed E-state index contributed by atoms with van der Waals surface area (Å²) < 4.78 is 22.0. The molecule has 7 N–H and O–H groups in total. The largest absolute Gasteiger partial charge is 0.394 e. The third kappa shape index (κ3) is 3.68. The standard InChI is InChI=1S/C14H18N4O10/c15-10(22)8-9(11(16)23)28-14(27-8)26-7-6(21)4(3-19)25-12(7)18-2-1-5(20)17-13(18)24/h1-2,4,6-9,12,14,19,21H,3H2,(H2,15,22)(H2,16,23)(H,17,20,24)/t4-,6-,7-,8?,9?,12-,14?/m1/s1. The molecule has 154 valence electrons. The molecular formula is C14H18N4O10. The predicted octanol–water partition coefficient (Wildman–Crippen LogP) is -4.79. The van der Waals surface area contributed by atoms with Gasteiger partial charge >= 0.3 is 5.69 Å². The van der Waals surface area contributed by atoms with Gasteiger partial charge in [-0.05, 0) is 0 Å². The molecule has 0 bridgehead atoms. The Balaban J connectivity index is 1.85. The van der Waals surface area contributed by atoms with E-state index in [2.05, 4.69) is 0 Å². The van der Waals surface area contributed by atoms with E-state index in [1.165, 1.54) is 0 Å². The highest BCUT2D eigenvalue weighted by Crippen LogP contribution is 2.33. The van der Waals surface area contributed by atoms with E-state index in [0.29, 0.717) is 0 Å². The SMILES string of the molecule is NC(=O)C1OC(O[C@@H]2[C@H](O)[C@@H](CO)O[C@H]2n2ccc(=O)[nH]c2=O)OC1C(N)=O. The minimum atomic E-state index is -1.66. The van der Waals surface area contributed by atoms with E-state index in [4.69, 9.17) is 30.4 Å². The van der Waals surface area contributed by atoms with E-state index in [9.17, 15) is 29.4 Å². The Morgan fingerprint density at radius 3 is 2.29 bits per heavy atom. The van der Waals surface area contributed by atoms with Crippen molar-refractivity contribution in [3.63, 3.8) is 0 Å². The molecule has 2 aliphatic rings. The van der Waals surface area contributed by atoms with Crippen LogP contribution in [0.4, 0.5) is 0 Å². The first-order valence-electron chi connectivity index (χ1n) is 8.03. The number of amides is 2. The summed E-state index contributed by atoms with van der Waals surface area (Å²) in [5.74, 6) is -2.06. The van der Waals surface area contributed by atoms with Gasteiger partial charge in [0.25, 0.3) is 12.0 Å². The summed E-state index contributed by atoms with van der Waals surface area (Å²) in [6.07, 6.45) is -7.21. The summed E-state index contributed by atoms with van der Waals surface area (Å²) in [6.45, 7) is -2.27. The van der Waals surface area contributed by atoms with Crippen LogP contribution in [0.2, 0.25) is 0 Å². The third-order valence-corrected chi connectivity index (χ3v) is 4.24. The minimum absolute atomic E-state index is 0.615. The van der Waals surface area contributed by atoms with Gasteiger partial charge in [-0.2, -0.15) is 0 Å². The van der Waals surface area contributed by atoms with Gasteiger partial charge in [-0.1, -0.05) is 0 Å². The number of rotatable bonds is 6. The number of carbonyl (C=O) groups is 2. The van der Waals surface area contributed by atoms with Crippen molar-refractivity contribution in [2.24, 2.45) is 11.5 Å². The maximum atomic E-state index is 12.0. The molecule has 0 spiro atoms. The number of hydrogen-bond acceptors (Lipinski definition) is 10. The van der Waals surface area contributed by atoms with Crippen molar-refractivity contribution in [3.8, 4) is 0 Å². The Kier molecular flexibility index (Phi) is 5.59. The van der Waals surface area contributed by atoms with Crippen LogP contribution in [0, 0.1) is 0 Å². The van der Waals surface area contributed by atoms with Crippen molar-refractivity contribution in [2.45, 2.75) is 43.2 Å². The average Bonchev–Trinajstić information content (AvgIpc) is 3.18. The van der Waals surface area contributed by atoms with E-state index in [0.717, 1.165) is 16.8 Å². The highest BCUT2D eigenvalue weighted by Gasteiger charge is 2.50. The molecule has 0 radical (unpaired) electrons. The Morgan fingerprint density at radius 1 is 1.18 bits per heavy atom. The number of aromatic nitrogens is 2. The van der Waals surface area contributed by atoms with Crippen molar-refractivity contribution in [3.05, 3.63) is 33.1 Å². The number of aliphatic hydroxyl groups excluding tert-OH is 2. The Labute approximate surface area is 155 Å². The molecular weight excluding hydrogens is 384 g/mol. The summed E-state index contributed by atoms with van der Waals surface area (Å²) in [5.41, 5.74) is 8.73. The van der Waals surface area contributed by atoms with Gasteiger partial charge in [0, 0.05) is 12.3 Å². The number of aromatic amines is 1. The molecule has 3 rings (SSSR count). The zero-order valence-corrected chi connectivity index (χ0v) is 14.2. The molecule has 3 heterocycles. The lowest BCUT2D eigenvalue weighted by Crippen LogP contribution is -2.44. The molecule has 2 saturated heterocycles. The molecule has 2 fully saturated rings. The smallest absolute Gasteiger partial charge is 0.330 e. The topological polar surface area (TPSA) is 218 Å². The van der Waals surface area contributed by atoms with Crippen LogP contribution in [0.3, 0.4) is 0 Å². The maximum Gasteiger partial charge on any atom is 0.330 e. The van der Waals surface area contributed by atoms with Crippen LogP contribution in [-0.2, 0) is 28.5 Å². The molecule has 0 saturated carbocycles. The zero-order chi connectivity index (χ0) is 20.6. The number of nitrogens with one attached hydrogen (secondary N) is 1. The highest BCUT2D eigenvalue weighted by atomic mass is 16.9. The van der Waals surface area contributed by atoms with E-state index in [1.54, 1.807) is 0 Å². The molecule has 2 amide bonds. The van der Waals surface area contributed by atoms with Crippen molar-refractivity contribution in [1.82, 2.24) is 9.55 Å². The molecule has 14 heteroatoms. The number of H-pyrrole nitrogens is 1. The van der Waals surface area contributed by atoms with Gasteiger partial charge in [-0.25, -0.2) is 4.79 Å². The van der Waals surface area contributed by atoms with Crippen molar-refractivity contribution >= 4 is 11.8 Å². The second kappa shape index (κ2) is 7.78. The van der Waals surface area contributed by atoms with Gasteiger partial charge in [0.05, 0.1) is 6.61 Å². The van der Waals surface area contributed by atoms with Crippen LogP contribution < -0.4 is 22.7 Å². The van der Waals surface area contributed by atoms with Gasteiger partial charge < -0.3 is 40.6 Å². The number of nitrogens with zero attached hydrogens (tertiary/aromatic N) is 1. The molecule has 28 heavy (non-hydrogen) atoms. The fraction of sp³-hybridized carbons (Fsp3) is 0.571. The number of carbonyl (C=O) groups excluding carboxylic acids is 2. The zero-order valence-electron chi connectivity index (χ0n) is 14.2. The first-order chi connectivity index (χ1) is 13.2. The summed E-state index contributed by atoms with van der Waals surface area (Å²) in [7, 11) is 0. The molecule has 14 nitrogen and oxygen atoms in total. The lowest BCUT2D eigenvalue weighted by molar-refractivity contribution is -0.279. The van der Waals surface area contributed by atoms with Crippen LogP contribution in [0.15, 0.2) is 21.9 Å². The Hall–Kier alpha value is -2.62. The number of aliphatic hydroxyl groups is 2. The molecule has 6 atom stereocenters. The third-order valence-electron chi connectivity index (χ3n) is 4.24. The molecule has 2 aliphatic heterocycles. The average molecular weight is 402 g/mol. The molecule has 0 aliphatic carbocycles. The highest BCUT2D eigenvalue weighted by molar-refractivity contribution is 5.89. The van der Waals surface area contributed by atoms with Gasteiger partial charge in [0.1, 0.15) is 18.3 Å². The molecule has 2 unspecified atom stereocenters. The summed E-state index contributed by atoms with van der Waals surface area (Å²) in [5, 5.41) is 19.7. The Morgan fingerprint density at radius 2 is 1.79 bits per heavy atom. The first kappa shape index (κ1) is 20.1. The minimum Gasteiger partial charge on any atom is -0.394 e. The van der Waals surface area contributed by atoms with E-state index in [-0.39, 0.29) is 0 Å². The van der Waals surface area contributed by atoms with Gasteiger partial charge in [0.2, 0.25) is 11.8 Å². The van der Waals surface area contributed by atoms with Crippen LogP contribution in [0.1, 0.15) is 6.23 Å². The van der Waals surface area contributed by atoms with Crippen LogP contribution >= 0.6 is 0 Å². The normalized spacial score (nSPS) is 35.1. The van der Waals surface area contributed by atoms with Crippen molar-refractivity contribution in [2.75, 3.05) is 6.61 Å². The molecule has 1 aromatic heterocycles. The lowest BCUT2D eigenvalue weighted by Gasteiger charge is -2.24. The summed E-state index contributed by atoms with van der Waals surface area (Å²) >= 11 is 0. The van der Waals surface area contributed by atoms with E-state index < -0.39 is 72.9 Å². The summed E-state index contributed by atoms with van der Waals surface area (Å²) in [6, 6.07) is 1.04. The fourth-order valence-electron chi connectivity index (χ4n) is 2.91. The van der Waals surface area contributed by atoms with Crippen LogP contribution in [0.25, 0.3) is 0 Å². The van der Waals surface area contributed by atoms with Gasteiger partial charge in [-0.3, -0.25) is 23.9 Å². The quantitative estimate of drug-likeness (QED) is 0.306. The molecule has 1 aromatic rings. The lowest BCUT2D eigenvalue weighted by atomic mass is 10.1. The van der Waals surface area contributed by atoms with Gasteiger partial charge in [-0.15, -0.1) is 0 Å². The monoisotopic (exact) mass is 402 g/mol. The number of nitrogens with two attached hydrogens (primary N) is 2. The number of ether oxygens (including phenoxy) is 4. The van der Waals surface area contributed by atoms with Crippen LogP contribution in [0.5, 0.6) is 0 Å². The van der Waals surface area contributed by atoms with Crippen molar-refractivity contribution < 1.29 is 38.7 Å². The Bertz CT molecular complexity index is 846. The predicted molar refractivity (Wildman–Crippen MR) is 85.1 cm³/mol.